The fraction of sp³-hybridized carbons (Fsp3) is 0.318. The van der Waals surface area contributed by atoms with Crippen molar-refractivity contribution < 1.29 is 14.6 Å². The number of carbonyl (C=O) groups excluding carboxylic acids is 1. The van der Waals surface area contributed by atoms with E-state index >= 15 is 0 Å². The second-order valence-electron chi connectivity index (χ2n) is 7.21. The summed E-state index contributed by atoms with van der Waals surface area (Å²) in [6.45, 7) is 0.934. The van der Waals surface area contributed by atoms with Crippen LogP contribution in [0, 0.1) is 0 Å². The lowest BCUT2D eigenvalue weighted by atomic mass is 9.90. The van der Waals surface area contributed by atoms with Crippen molar-refractivity contribution in [1.82, 2.24) is 15.6 Å². The van der Waals surface area contributed by atoms with Crippen molar-refractivity contribution in [2.45, 2.75) is 24.5 Å². The number of benzene rings is 2. The van der Waals surface area contributed by atoms with Gasteiger partial charge in [0.15, 0.2) is 0 Å². The number of aliphatic hydroxyl groups is 1. The smallest absolute Gasteiger partial charge is 0.237 e. The van der Waals surface area contributed by atoms with Gasteiger partial charge in [-0.15, -0.1) is 0 Å². The second kappa shape index (κ2) is 8.04. The summed E-state index contributed by atoms with van der Waals surface area (Å²) in [7, 11) is 1.65. The molecule has 4 rings (SSSR count). The van der Waals surface area contributed by atoms with Gasteiger partial charge >= 0.3 is 0 Å². The first-order valence-electron chi connectivity index (χ1n) is 9.55. The zero-order chi connectivity index (χ0) is 19.5. The first kappa shape index (κ1) is 18.5. The number of nitrogens with one attached hydrogen (secondary N) is 3. The molecule has 1 aliphatic rings. The number of fused-ring (bicyclic) bond motifs is 1. The highest BCUT2D eigenvalue weighted by Gasteiger charge is 2.28. The minimum Gasteiger partial charge on any atom is -0.497 e. The lowest BCUT2D eigenvalue weighted by Crippen LogP contribution is -2.42. The first-order valence-corrected chi connectivity index (χ1v) is 9.55. The Morgan fingerprint density at radius 2 is 2.04 bits per heavy atom. The number of para-hydroxylation sites is 1. The molecule has 28 heavy (non-hydrogen) atoms. The number of aromatic nitrogens is 1. The molecule has 6 heteroatoms. The standard InChI is InChI=1S/C22H25N3O3/c1-28-16-8-6-14(7-9-16)18(12-25-22(27)21-10-15(26)11-23-21)19-13-24-20-5-3-2-4-17(19)20/h2-9,13,15,18,21,23-24,26H,10-12H2,1H3,(H,25,27). The van der Waals surface area contributed by atoms with Crippen LogP contribution in [0.15, 0.2) is 54.7 Å². The summed E-state index contributed by atoms with van der Waals surface area (Å²) in [6, 6.07) is 15.8. The van der Waals surface area contributed by atoms with Gasteiger partial charge in [-0.3, -0.25) is 4.79 Å². The Morgan fingerprint density at radius 1 is 1.25 bits per heavy atom. The molecule has 6 nitrogen and oxygen atoms in total. The lowest BCUT2D eigenvalue weighted by molar-refractivity contribution is -0.122. The molecule has 0 spiro atoms. The minimum atomic E-state index is -0.457. The van der Waals surface area contributed by atoms with Crippen LogP contribution in [0.4, 0.5) is 0 Å². The molecule has 3 unspecified atom stereocenters. The Bertz CT molecular complexity index is 951. The molecule has 3 atom stereocenters. The molecule has 2 heterocycles. The Hall–Kier alpha value is -2.83. The monoisotopic (exact) mass is 379 g/mol. The van der Waals surface area contributed by atoms with Crippen LogP contribution in [0.25, 0.3) is 10.9 Å². The number of hydrogen-bond acceptors (Lipinski definition) is 4. The maximum atomic E-state index is 12.5. The van der Waals surface area contributed by atoms with Crippen molar-refractivity contribution in [1.29, 1.82) is 0 Å². The van der Waals surface area contributed by atoms with Gasteiger partial charge in [0.2, 0.25) is 5.91 Å². The topological polar surface area (TPSA) is 86.4 Å². The minimum absolute atomic E-state index is 0.00247. The number of H-pyrrole nitrogens is 1. The summed E-state index contributed by atoms with van der Waals surface area (Å²) in [5, 5.41) is 16.9. The van der Waals surface area contributed by atoms with E-state index in [4.69, 9.17) is 4.74 Å². The van der Waals surface area contributed by atoms with E-state index in [1.54, 1.807) is 7.11 Å². The fourth-order valence-electron chi connectivity index (χ4n) is 3.87. The van der Waals surface area contributed by atoms with Crippen LogP contribution in [-0.2, 0) is 4.79 Å². The molecule has 0 radical (unpaired) electrons. The summed E-state index contributed by atoms with van der Waals surface area (Å²) in [5.41, 5.74) is 3.31. The number of hydrogen-bond donors (Lipinski definition) is 4. The molecule has 1 aliphatic heterocycles. The third-order valence-corrected chi connectivity index (χ3v) is 5.42. The van der Waals surface area contributed by atoms with E-state index < -0.39 is 6.10 Å². The Morgan fingerprint density at radius 3 is 2.75 bits per heavy atom. The Balaban J connectivity index is 1.60. The van der Waals surface area contributed by atoms with Crippen molar-refractivity contribution in [3.05, 3.63) is 65.9 Å². The average molecular weight is 379 g/mol. The third kappa shape index (κ3) is 3.74. The molecule has 1 saturated heterocycles. The van der Waals surface area contributed by atoms with Crippen molar-refractivity contribution in [2.75, 3.05) is 20.2 Å². The number of methoxy groups -OCH3 is 1. The number of rotatable bonds is 6. The van der Waals surface area contributed by atoms with Crippen LogP contribution in [0.1, 0.15) is 23.5 Å². The van der Waals surface area contributed by atoms with Gasteiger partial charge in [0.1, 0.15) is 5.75 Å². The molecular formula is C22H25N3O3. The summed E-state index contributed by atoms with van der Waals surface area (Å²) < 4.78 is 5.28. The molecule has 2 aromatic carbocycles. The highest BCUT2D eigenvalue weighted by atomic mass is 16.5. The molecule has 4 N–H and O–H groups in total. The normalized spacial score (nSPS) is 20.2. The van der Waals surface area contributed by atoms with E-state index in [9.17, 15) is 9.90 Å². The van der Waals surface area contributed by atoms with Gasteiger partial charge in [0.05, 0.1) is 19.3 Å². The molecule has 1 fully saturated rings. The maximum absolute atomic E-state index is 12.5. The van der Waals surface area contributed by atoms with Crippen molar-refractivity contribution in [3.63, 3.8) is 0 Å². The molecule has 3 aromatic rings. The van der Waals surface area contributed by atoms with Gasteiger partial charge in [0.25, 0.3) is 0 Å². The average Bonchev–Trinajstić information content (AvgIpc) is 3.35. The van der Waals surface area contributed by atoms with Crippen LogP contribution < -0.4 is 15.4 Å². The summed E-state index contributed by atoms with van der Waals surface area (Å²) in [5.74, 6) is 0.724. The SMILES string of the molecule is COc1ccc(C(CNC(=O)C2CC(O)CN2)c2c[nH]c3ccccc23)cc1. The summed E-state index contributed by atoms with van der Waals surface area (Å²) >= 11 is 0. The highest BCUT2D eigenvalue weighted by Crippen LogP contribution is 2.31. The van der Waals surface area contributed by atoms with Crippen LogP contribution in [0.3, 0.4) is 0 Å². The molecule has 0 aliphatic carbocycles. The van der Waals surface area contributed by atoms with E-state index in [2.05, 4.69) is 21.7 Å². The lowest BCUT2D eigenvalue weighted by Gasteiger charge is -2.20. The molecule has 1 amide bonds. The van der Waals surface area contributed by atoms with Crippen LogP contribution in [0.5, 0.6) is 5.75 Å². The fourth-order valence-corrected chi connectivity index (χ4v) is 3.87. The van der Waals surface area contributed by atoms with Crippen molar-refractivity contribution in [2.24, 2.45) is 0 Å². The van der Waals surface area contributed by atoms with E-state index in [0.717, 1.165) is 27.8 Å². The number of β-amino-alcohol motifs (C(OH)–C–C–N with tert-alkyl or cyclic N) is 1. The van der Waals surface area contributed by atoms with Crippen LogP contribution >= 0.6 is 0 Å². The largest absolute Gasteiger partial charge is 0.497 e. The van der Waals surface area contributed by atoms with Crippen LogP contribution in [-0.4, -0.2) is 48.3 Å². The first-order chi connectivity index (χ1) is 13.7. The van der Waals surface area contributed by atoms with Crippen LogP contribution in [0.2, 0.25) is 0 Å². The quantitative estimate of drug-likeness (QED) is 0.529. The molecule has 0 bridgehead atoms. The molecule has 0 saturated carbocycles. The van der Waals surface area contributed by atoms with E-state index in [1.165, 1.54) is 0 Å². The predicted molar refractivity (Wildman–Crippen MR) is 109 cm³/mol. The van der Waals surface area contributed by atoms with E-state index in [-0.39, 0.29) is 17.9 Å². The van der Waals surface area contributed by atoms with Gasteiger partial charge in [-0.25, -0.2) is 0 Å². The molecule has 146 valence electrons. The zero-order valence-corrected chi connectivity index (χ0v) is 15.8. The predicted octanol–water partition coefficient (Wildman–Crippen LogP) is 2.15. The molecule has 1 aromatic heterocycles. The van der Waals surface area contributed by atoms with Gasteiger partial charge < -0.3 is 25.5 Å². The maximum Gasteiger partial charge on any atom is 0.237 e. The van der Waals surface area contributed by atoms with E-state index in [1.807, 2.05) is 48.7 Å². The Kier molecular flexibility index (Phi) is 5.32. The zero-order valence-electron chi connectivity index (χ0n) is 15.8. The molecular weight excluding hydrogens is 354 g/mol. The van der Waals surface area contributed by atoms with Gasteiger partial charge in [0, 0.05) is 36.1 Å². The number of aliphatic hydroxyl groups excluding tert-OH is 1. The highest BCUT2D eigenvalue weighted by molar-refractivity contribution is 5.85. The number of amides is 1. The third-order valence-electron chi connectivity index (χ3n) is 5.42. The van der Waals surface area contributed by atoms with E-state index in [0.29, 0.717) is 19.5 Å². The van der Waals surface area contributed by atoms with Crippen molar-refractivity contribution in [3.8, 4) is 5.75 Å². The summed E-state index contributed by atoms with van der Waals surface area (Å²) in [4.78, 5) is 15.9. The summed E-state index contributed by atoms with van der Waals surface area (Å²) in [6.07, 6.45) is 2.01. The number of ether oxygens (including phenoxy) is 1. The number of carbonyl (C=O) groups is 1. The second-order valence-corrected chi connectivity index (χ2v) is 7.21. The van der Waals surface area contributed by atoms with Gasteiger partial charge in [-0.05, 0) is 35.7 Å². The van der Waals surface area contributed by atoms with Gasteiger partial charge in [-0.1, -0.05) is 30.3 Å². The van der Waals surface area contributed by atoms with Crippen molar-refractivity contribution >= 4 is 16.8 Å². The Labute approximate surface area is 163 Å². The van der Waals surface area contributed by atoms with Gasteiger partial charge in [-0.2, -0.15) is 0 Å². The number of aromatic amines is 1.